The van der Waals surface area contributed by atoms with E-state index in [2.05, 4.69) is 37.5 Å². The summed E-state index contributed by atoms with van der Waals surface area (Å²) in [7, 11) is 2.14. The topological polar surface area (TPSA) is 103 Å². The molecule has 3 aromatic rings. The summed E-state index contributed by atoms with van der Waals surface area (Å²) in [5.74, 6) is 1.09. The number of rotatable bonds is 7. The van der Waals surface area contributed by atoms with Gasteiger partial charge in [-0.15, -0.1) is 0 Å². The number of aromatic amines is 1. The number of likely N-dealkylation sites (tertiary alicyclic amines) is 1. The van der Waals surface area contributed by atoms with Crippen LogP contribution in [0.2, 0.25) is 5.02 Å². The molecule has 184 valence electrons. The maximum absolute atomic E-state index is 13.2. The van der Waals surface area contributed by atoms with Crippen LogP contribution in [0, 0.1) is 5.92 Å². The molecule has 2 fully saturated rings. The van der Waals surface area contributed by atoms with Gasteiger partial charge in [-0.1, -0.05) is 23.7 Å². The Balaban J connectivity index is 1.24. The molecule has 1 saturated carbocycles. The Labute approximate surface area is 209 Å². The molecule has 8 nitrogen and oxygen atoms in total. The number of carbonyl (C=O) groups is 2. The number of benzene rings is 1. The van der Waals surface area contributed by atoms with Crippen molar-refractivity contribution in [3.05, 3.63) is 52.9 Å². The van der Waals surface area contributed by atoms with Gasteiger partial charge in [-0.05, 0) is 70.3 Å². The first-order chi connectivity index (χ1) is 17.0. The minimum Gasteiger partial charge on any atom is -0.367 e. The molecule has 0 spiro atoms. The Morgan fingerprint density at radius 1 is 1.09 bits per heavy atom. The summed E-state index contributed by atoms with van der Waals surface area (Å²) in [5.41, 5.74) is 1.52. The molecular weight excluding hydrogens is 464 g/mol. The third-order valence-corrected chi connectivity index (χ3v) is 7.61. The van der Waals surface area contributed by atoms with Crippen LogP contribution in [0.25, 0.3) is 11.0 Å². The Morgan fingerprint density at radius 3 is 2.66 bits per heavy atom. The van der Waals surface area contributed by atoms with Crippen LogP contribution in [0.3, 0.4) is 0 Å². The van der Waals surface area contributed by atoms with E-state index in [0.717, 1.165) is 45.2 Å². The van der Waals surface area contributed by atoms with Crippen molar-refractivity contribution in [2.45, 2.75) is 50.6 Å². The van der Waals surface area contributed by atoms with Gasteiger partial charge < -0.3 is 20.5 Å². The van der Waals surface area contributed by atoms with E-state index in [9.17, 15) is 9.59 Å². The third-order valence-electron chi connectivity index (χ3n) is 7.28. The van der Waals surface area contributed by atoms with E-state index in [1.54, 1.807) is 30.5 Å². The van der Waals surface area contributed by atoms with Crippen molar-refractivity contribution < 1.29 is 9.59 Å². The molecular formula is C26H31ClN6O2. The number of carbonyl (C=O) groups excluding carboxylic acids is 2. The summed E-state index contributed by atoms with van der Waals surface area (Å²) in [6, 6.07) is 7.32. The lowest BCUT2D eigenvalue weighted by molar-refractivity contribution is -0.123. The number of nitrogens with one attached hydrogen (secondary N) is 3. The van der Waals surface area contributed by atoms with Gasteiger partial charge in [0.2, 0.25) is 5.91 Å². The van der Waals surface area contributed by atoms with E-state index in [4.69, 9.17) is 11.6 Å². The molecule has 2 atom stereocenters. The molecule has 1 aromatic carbocycles. The van der Waals surface area contributed by atoms with Crippen LogP contribution in [0.1, 0.15) is 54.4 Å². The SMILES string of the molecule is CN1CCC(CC(=O)N[C@H]2CC[C@@H](Nc3ncnc4[nH]cc(C(=O)c5ccccc5Cl)c34)C2)CC1. The van der Waals surface area contributed by atoms with Crippen LogP contribution in [0.15, 0.2) is 36.8 Å². The Hall–Kier alpha value is -2.97. The van der Waals surface area contributed by atoms with Crippen LogP contribution < -0.4 is 10.6 Å². The normalized spacial score (nSPS) is 21.3. The molecule has 0 radical (unpaired) electrons. The fourth-order valence-corrected chi connectivity index (χ4v) is 5.52. The standard InChI is InChI=1S/C26H31ClN6O2/c1-33-10-8-16(9-11-33)12-22(34)31-17-6-7-18(13-17)32-26-23-20(14-28-25(23)29-15-30-26)24(35)19-4-2-3-5-21(19)27/h2-5,14-18H,6-13H2,1H3,(H,31,34)(H2,28,29,30,32)/t17-,18+/m0/s1. The van der Waals surface area contributed by atoms with Gasteiger partial charge in [0.25, 0.3) is 0 Å². The maximum atomic E-state index is 13.2. The predicted octanol–water partition coefficient (Wildman–Crippen LogP) is 4.02. The number of H-pyrrole nitrogens is 1. The van der Waals surface area contributed by atoms with E-state index in [0.29, 0.717) is 45.3 Å². The summed E-state index contributed by atoms with van der Waals surface area (Å²) in [5, 5.41) is 7.82. The van der Waals surface area contributed by atoms with Gasteiger partial charge in [0.15, 0.2) is 5.78 Å². The van der Waals surface area contributed by atoms with E-state index >= 15 is 0 Å². The number of aromatic nitrogens is 3. The van der Waals surface area contributed by atoms with E-state index in [1.165, 1.54) is 6.33 Å². The molecule has 2 aliphatic rings. The summed E-state index contributed by atoms with van der Waals surface area (Å²) in [6.45, 7) is 2.14. The Morgan fingerprint density at radius 2 is 1.86 bits per heavy atom. The van der Waals surface area contributed by atoms with Gasteiger partial charge in [-0.3, -0.25) is 9.59 Å². The second-order valence-electron chi connectivity index (χ2n) is 9.83. The molecule has 1 saturated heterocycles. The van der Waals surface area contributed by atoms with Gasteiger partial charge in [0.05, 0.1) is 16.0 Å². The van der Waals surface area contributed by atoms with E-state index in [1.807, 2.05) is 0 Å². The summed E-state index contributed by atoms with van der Waals surface area (Å²) >= 11 is 6.28. The summed E-state index contributed by atoms with van der Waals surface area (Å²) < 4.78 is 0. The van der Waals surface area contributed by atoms with Crippen LogP contribution in [0.4, 0.5) is 5.82 Å². The minimum atomic E-state index is -0.176. The third kappa shape index (κ3) is 5.33. The van der Waals surface area contributed by atoms with Crippen LogP contribution >= 0.6 is 11.6 Å². The summed E-state index contributed by atoms with van der Waals surface area (Å²) in [6.07, 6.45) is 8.61. The first kappa shape index (κ1) is 23.8. The molecule has 9 heteroatoms. The van der Waals surface area contributed by atoms with Crippen LogP contribution in [-0.2, 0) is 4.79 Å². The average molecular weight is 495 g/mol. The Bertz CT molecular complexity index is 1220. The molecule has 3 N–H and O–H groups in total. The minimum absolute atomic E-state index is 0.152. The number of fused-ring (bicyclic) bond motifs is 1. The largest absolute Gasteiger partial charge is 0.367 e. The van der Waals surface area contributed by atoms with E-state index in [-0.39, 0.29) is 23.8 Å². The highest BCUT2D eigenvalue weighted by atomic mass is 35.5. The quantitative estimate of drug-likeness (QED) is 0.429. The number of hydrogen-bond acceptors (Lipinski definition) is 6. The molecule has 2 aromatic heterocycles. The Kier molecular flexibility index (Phi) is 7.02. The van der Waals surface area contributed by atoms with Crippen molar-refractivity contribution in [2.24, 2.45) is 5.92 Å². The maximum Gasteiger partial charge on any atom is 0.220 e. The molecule has 1 aliphatic heterocycles. The molecule has 5 rings (SSSR count). The lowest BCUT2D eigenvalue weighted by atomic mass is 9.93. The van der Waals surface area contributed by atoms with Crippen LogP contribution in [-0.4, -0.2) is 63.8 Å². The second-order valence-corrected chi connectivity index (χ2v) is 10.2. The number of piperidine rings is 1. The van der Waals surface area contributed by atoms with Gasteiger partial charge in [-0.2, -0.15) is 0 Å². The van der Waals surface area contributed by atoms with Crippen molar-refractivity contribution in [1.29, 1.82) is 0 Å². The number of ketones is 1. The number of amides is 1. The monoisotopic (exact) mass is 494 g/mol. The van der Waals surface area contributed by atoms with Crippen molar-refractivity contribution in [3.8, 4) is 0 Å². The van der Waals surface area contributed by atoms with Crippen LogP contribution in [0.5, 0.6) is 0 Å². The number of nitrogens with zero attached hydrogens (tertiary/aromatic N) is 3. The second kappa shape index (κ2) is 10.3. The van der Waals surface area contributed by atoms with Gasteiger partial charge in [0.1, 0.15) is 17.8 Å². The van der Waals surface area contributed by atoms with Crippen molar-refractivity contribution in [3.63, 3.8) is 0 Å². The number of hydrogen-bond donors (Lipinski definition) is 3. The number of anilines is 1. The van der Waals surface area contributed by atoms with Gasteiger partial charge in [0, 0.05) is 30.3 Å². The zero-order chi connectivity index (χ0) is 24.4. The first-order valence-corrected chi connectivity index (χ1v) is 12.7. The molecule has 0 unspecified atom stereocenters. The average Bonchev–Trinajstić information content (AvgIpc) is 3.48. The van der Waals surface area contributed by atoms with Crippen molar-refractivity contribution in [2.75, 3.05) is 25.5 Å². The zero-order valence-electron chi connectivity index (χ0n) is 19.9. The smallest absolute Gasteiger partial charge is 0.220 e. The predicted molar refractivity (Wildman–Crippen MR) is 137 cm³/mol. The van der Waals surface area contributed by atoms with Crippen molar-refractivity contribution in [1.82, 2.24) is 25.2 Å². The number of halogens is 1. The van der Waals surface area contributed by atoms with E-state index < -0.39 is 0 Å². The highest BCUT2D eigenvalue weighted by molar-refractivity contribution is 6.35. The fraction of sp³-hybridized carbons (Fsp3) is 0.462. The summed E-state index contributed by atoms with van der Waals surface area (Å²) in [4.78, 5) is 40.0. The molecule has 1 amide bonds. The fourth-order valence-electron chi connectivity index (χ4n) is 5.29. The molecule has 1 aliphatic carbocycles. The molecule has 3 heterocycles. The zero-order valence-corrected chi connectivity index (χ0v) is 20.6. The molecule has 35 heavy (non-hydrogen) atoms. The lowest BCUT2D eigenvalue weighted by Crippen LogP contribution is -2.37. The molecule has 0 bridgehead atoms. The highest BCUT2D eigenvalue weighted by Crippen LogP contribution is 2.30. The van der Waals surface area contributed by atoms with Gasteiger partial charge in [-0.25, -0.2) is 9.97 Å². The lowest BCUT2D eigenvalue weighted by Gasteiger charge is -2.28. The first-order valence-electron chi connectivity index (χ1n) is 12.3. The highest BCUT2D eigenvalue weighted by Gasteiger charge is 2.29. The van der Waals surface area contributed by atoms with Crippen molar-refractivity contribution >= 4 is 40.1 Å². The van der Waals surface area contributed by atoms with Gasteiger partial charge >= 0.3 is 0 Å².